The van der Waals surface area contributed by atoms with Crippen molar-refractivity contribution in [3.8, 4) is 5.75 Å². The van der Waals surface area contributed by atoms with E-state index in [1.165, 1.54) is 0 Å². The molecule has 2 fully saturated rings. The van der Waals surface area contributed by atoms with Crippen molar-refractivity contribution >= 4 is 23.3 Å². The zero-order valence-electron chi connectivity index (χ0n) is 18.4. The third-order valence-corrected chi connectivity index (χ3v) is 5.84. The van der Waals surface area contributed by atoms with Crippen LogP contribution >= 0.6 is 0 Å². The highest BCUT2D eigenvalue weighted by Gasteiger charge is 2.23. The summed E-state index contributed by atoms with van der Waals surface area (Å²) < 4.78 is 11.3. The molecule has 170 valence electrons. The number of methoxy groups -OCH3 is 1. The fraction of sp³-hybridized carbons (Fsp3) is 0.417. The van der Waals surface area contributed by atoms with E-state index in [1.807, 2.05) is 24.3 Å². The van der Waals surface area contributed by atoms with E-state index in [0.717, 1.165) is 63.0 Å². The van der Waals surface area contributed by atoms with Gasteiger partial charge in [0.25, 0.3) is 0 Å². The maximum Gasteiger partial charge on any atom is 0.335 e. The highest BCUT2D eigenvalue weighted by Crippen LogP contribution is 2.28. The quantitative estimate of drug-likeness (QED) is 0.529. The summed E-state index contributed by atoms with van der Waals surface area (Å²) in [7, 11) is 1.69. The molecule has 0 amide bonds. The molecule has 1 atom stereocenters. The number of nitrogens with zero attached hydrogens (tertiary/aromatic N) is 3. The summed E-state index contributed by atoms with van der Waals surface area (Å²) in [5, 5.41) is 12.7. The smallest absolute Gasteiger partial charge is 0.335 e. The number of benzene rings is 2. The number of guanidine groups is 1. The molecule has 2 aromatic rings. The molecule has 2 saturated heterocycles. The maximum atomic E-state index is 11.4. The third-order valence-electron chi connectivity index (χ3n) is 5.84. The van der Waals surface area contributed by atoms with Crippen LogP contribution in [-0.2, 0) is 4.74 Å². The molecule has 2 heterocycles. The first kappa shape index (κ1) is 22.0. The molecule has 32 heavy (non-hydrogen) atoms. The molecule has 2 N–H and O–H groups in total. The largest absolute Gasteiger partial charge is 0.495 e. The Bertz CT molecular complexity index is 951. The summed E-state index contributed by atoms with van der Waals surface area (Å²) in [4.78, 5) is 20.7. The second-order valence-electron chi connectivity index (χ2n) is 7.96. The predicted octanol–water partition coefficient (Wildman–Crippen LogP) is 3.16. The van der Waals surface area contributed by atoms with Crippen molar-refractivity contribution in [2.24, 2.45) is 4.99 Å². The molecule has 1 unspecified atom stereocenters. The number of rotatable bonds is 6. The van der Waals surface area contributed by atoms with Gasteiger partial charge >= 0.3 is 5.97 Å². The number of aromatic carboxylic acids is 1. The van der Waals surface area contributed by atoms with Crippen molar-refractivity contribution in [1.82, 2.24) is 4.90 Å². The second kappa shape index (κ2) is 10.4. The topological polar surface area (TPSA) is 86.6 Å². The van der Waals surface area contributed by atoms with Gasteiger partial charge < -0.3 is 29.7 Å². The molecule has 2 aromatic carbocycles. The van der Waals surface area contributed by atoms with Crippen LogP contribution in [0.1, 0.15) is 23.2 Å². The van der Waals surface area contributed by atoms with Crippen molar-refractivity contribution in [2.45, 2.75) is 18.9 Å². The van der Waals surface area contributed by atoms with E-state index in [-0.39, 0.29) is 11.7 Å². The number of nitrogens with one attached hydrogen (secondary N) is 1. The Labute approximate surface area is 188 Å². The van der Waals surface area contributed by atoms with Gasteiger partial charge in [-0.25, -0.2) is 4.79 Å². The van der Waals surface area contributed by atoms with Crippen LogP contribution in [0.2, 0.25) is 0 Å². The Morgan fingerprint density at radius 2 is 2.00 bits per heavy atom. The first-order chi connectivity index (χ1) is 15.6. The van der Waals surface area contributed by atoms with E-state index in [0.29, 0.717) is 12.2 Å². The van der Waals surface area contributed by atoms with Crippen LogP contribution in [0.15, 0.2) is 53.5 Å². The van der Waals surface area contributed by atoms with Crippen LogP contribution in [0.3, 0.4) is 0 Å². The summed E-state index contributed by atoms with van der Waals surface area (Å²) >= 11 is 0. The number of hydrogen-bond acceptors (Lipinski definition) is 5. The van der Waals surface area contributed by atoms with Crippen LogP contribution in [0.25, 0.3) is 0 Å². The summed E-state index contributed by atoms with van der Waals surface area (Å²) in [5.74, 6) is 0.677. The van der Waals surface area contributed by atoms with Crippen LogP contribution in [-0.4, -0.2) is 74.5 Å². The van der Waals surface area contributed by atoms with Crippen LogP contribution in [0.5, 0.6) is 5.75 Å². The molecule has 4 rings (SSSR count). The number of hydrogen-bond donors (Lipinski definition) is 2. The van der Waals surface area contributed by atoms with Gasteiger partial charge in [-0.1, -0.05) is 18.2 Å². The molecular weight excluding hydrogens is 408 g/mol. The van der Waals surface area contributed by atoms with Gasteiger partial charge in [0.2, 0.25) is 0 Å². The molecule has 0 bridgehead atoms. The average Bonchev–Trinajstić information content (AvgIpc) is 3.36. The fourth-order valence-corrected chi connectivity index (χ4v) is 4.10. The lowest BCUT2D eigenvalue weighted by Gasteiger charge is -2.38. The Morgan fingerprint density at radius 3 is 2.72 bits per heavy atom. The number of aliphatic imine (C=N–C) groups is 1. The Balaban J connectivity index is 1.48. The van der Waals surface area contributed by atoms with E-state index in [2.05, 4.69) is 21.2 Å². The SMILES string of the molecule is COc1ccccc1N1CCN(C(=NCC2CCCO2)Nc2cccc(C(=O)O)c2)CC1. The maximum absolute atomic E-state index is 11.4. The van der Waals surface area contributed by atoms with Crippen LogP contribution in [0, 0.1) is 0 Å². The van der Waals surface area contributed by atoms with Crippen molar-refractivity contribution < 1.29 is 19.4 Å². The van der Waals surface area contributed by atoms with Gasteiger partial charge in [-0.05, 0) is 43.2 Å². The molecule has 0 saturated carbocycles. The third kappa shape index (κ3) is 5.31. The number of carbonyl (C=O) groups is 1. The molecular formula is C24H30N4O4. The van der Waals surface area contributed by atoms with Gasteiger partial charge in [0, 0.05) is 38.5 Å². The number of para-hydroxylation sites is 2. The molecule has 0 spiro atoms. The minimum absolute atomic E-state index is 0.145. The average molecular weight is 439 g/mol. The number of piperazine rings is 1. The van der Waals surface area contributed by atoms with E-state index < -0.39 is 5.97 Å². The standard InChI is InChI=1S/C24H30N4O4/c1-31-22-10-3-2-9-21(22)27-11-13-28(14-12-27)24(25-17-20-8-5-15-32-20)26-19-7-4-6-18(16-19)23(29)30/h2-4,6-7,9-10,16,20H,5,8,11-15,17H2,1H3,(H,25,26)(H,29,30). The van der Waals surface area contributed by atoms with Crippen molar-refractivity contribution in [2.75, 3.05) is 56.7 Å². The first-order valence-electron chi connectivity index (χ1n) is 11.0. The zero-order valence-corrected chi connectivity index (χ0v) is 18.4. The molecule has 8 nitrogen and oxygen atoms in total. The number of carboxylic acids is 1. The van der Waals surface area contributed by atoms with E-state index in [9.17, 15) is 9.90 Å². The summed E-state index contributed by atoms with van der Waals surface area (Å²) in [6.45, 7) is 4.61. The molecule has 0 aliphatic carbocycles. The van der Waals surface area contributed by atoms with Gasteiger partial charge in [0.15, 0.2) is 5.96 Å². The number of anilines is 2. The van der Waals surface area contributed by atoms with E-state index in [1.54, 1.807) is 25.3 Å². The summed E-state index contributed by atoms with van der Waals surface area (Å²) in [6.07, 6.45) is 2.24. The van der Waals surface area contributed by atoms with Crippen LogP contribution in [0.4, 0.5) is 11.4 Å². The highest BCUT2D eigenvalue weighted by atomic mass is 16.5. The summed E-state index contributed by atoms with van der Waals surface area (Å²) in [6, 6.07) is 14.9. The van der Waals surface area contributed by atoms with Crippen molar-refractivity contribution in [1.29, 1.82) is 0 Å². The molecule has 0 aromatic heterocycles. The predicted molar refractivity (Wildman–Crippen MR) is 125 cm³/mol. The normalized spacial score (nSPS) is 19.2. The summed E-state index contributed by atoms with van der Waals surface area (Å²) in [5.41, 5.74) is 2.05. The molecule has 0 radical (unpaired) electrons. The van der Waals surface area contributed by atoms with Gasteiger partial charge in [-0.2, -0.15) is 0 Å². The second-order valence-corrected chi connectivity index (χ2v) is 7.96. The minimum atomic E-state index is -0.947. The molecule has 2 aliphatic rings. The zero-order chi connectivity index (χ0) is 22.3. The Morgan fingerprint density at radius 1 is 1.19 bits per heavy atom. The molecule has 2 aliphatic heterocycles. The van der Waals surface area contributed by atoms with Gasteiger partial charge in [-0.3, -0.25) is 4.99 Å². The number of ether oxygens (including phenoxy) is 2. The lowest BCUT2D eigenvalue weighted by Crippen LogP contribution is -2.51. The molecule has 8 heteroatoms. The van der Waals surface area contributed by atoms with Crippen molar-refractivity contribution in [3.63, 3.8) is 0 Å². The lowest BCUT2D eigenvalue weighted by atomic mass is 10.2. The van der Waals surface area contributed by atoms with Gasteiger partial charge in [-0.15, -0.1) is 0 Å². The fourth-order valence-electron chi connectivity index (χ4n) is 4.10. The van der Waals surface area contributed by atoms with Gasteiger partial charge in [0.1, 0.15) is 5.75 Å². The Hall–Kier alpha value is -3.26. The van der Waals surface area contributed by atoms with Crippen molar-refractivity contribution in [3.05, 3.63) is 54.1 Å². The highest BCUT2D eigenvalue weighted by molar-refractivity contribution is 5.96. The van der Waals surface area contributed by atoms with Gasteiger partial charge in [0.05, 0.1) is 31.0 Å². The van der Waals surface area contributed by atoms with Crippen LogP contribution < -0.4 is 15.0 Å². The van der Waals surface area contributed by atoms with E-state index in [4.69, 9.17) is 14.5 Å². The lowest BCUT2D eigenvalue weighted by molar-refractivity contribution is 0.0697. The Kier molecular flexibility index (Phi) is 7.11. The first-order valence-corrected chi connectivity index (χ1v) is 11.0. The monoisotopic (exact) mass is 438 g/mol. The van der Waals surface area contributed by atoms with E-state index >= 15 is 0 Å². The minimum Gasteiger partial charge on any atom is -0.495 e. The number of carboxylic acid groups (broad SMARTS) is 1.